The van der Waals surface area contributed by atoms with E-state index >= 15 is 0 Å². The first-order valence-corrected chi connectivity index (χ1v) is 15.2. The van der Waals surface area contributed by atoms with E-state index in [0.717, 1.165) is 38.1 Å². The van der Waals surface area contributed by atoms with Crippen molar-refractivity contribution in [2.24, 2.45) is 0 Å². The number of likely N-dealkylation sites (N-methyl/N-ethyl adjacent to an activating group) is 1. The van der Waals surface area contributed by atoms with Crippen molar-refractivity contribution >= 4 is 43.5 Å². The van der Waals surface area contributed by atoms with Crippen molar-refractivity contribution in [2.75, 3.05) is 23.7 Å². The number of nitrogens with zero attached hydrogens (tertiary/aromatic N) is 2. The van der Waals surface area contributed by atoms with Crippen LogP contribution in [0.5, 0.6) is 0 Å². The maximum atomic E-state index is 14.0. The summed E-state index contributed by atoms with van der Waals surface area (Å²) in [5.74, 6) is -0.764. The van der Waals surface area contributed by atoms with Crippen LogP contribution in [0.1, 0.15) is 30.5 Å². The van der Waals surface area contributed by atoms with Crippen molar-refractivity contribution in [3.8, 4) is 0 Å². The second-order valence-corrected chi connectivity index (χ2v) is 11.9. The molecule has 0 aliphatic heterocycles. The molecule has 1 atom stereocenters. The van der Waals surface area contributed by atoms with Gasteiger partial charge in [-0.2, -0.15) is 0 Å². The van der Waals surface area contributed by atoms with E-state index in [-0.39, 0.29) is 18.9 Å². The molecule has 3 rings (SSSR count). The third-order valence-corrected chi connectivity index (χ3v) is 7.81. The predicted molar refractivity (Wildman–Crippen MR) is 155 cm³/mol. The molecule has 0 aromatic heterocycles. The van der Waals surface area contributed by atoms with Gasteiger partial charge in [0, 0.05) is 24.0 Å². The summed E-state index contributed by atoms with van der Waals surface area (Å²) >= 11 is 3.47. The molecule has 7 nitrogen and oxygen atoms in total. The molecule has 0 heterocycles. The first-order chi connectivity index (χ1) is 18.1. The Kier molecular flexibility index (Phi) is 10.5. The Hall–Kier alpha value is -3.17. The van der Waals surface area contributed by atoms with Crippen LogP contribution in [0.4, 0.5) is 5.69 Å². The minimum atomic E-state index is -3.78. The van der Waals surface area contributed by atoms with Crippen molar-refractivity contribution in [1.82, 2.24) is 10.2 Å². The summed E-state index contributed by atoms with van der Waals surface area (Å²) < 4.78 is 27.6. The lowest BCUT2D eigenvalue weighted by Gasteiger charge is -2.33. The fourth-order valence-electron chi connectivity index (χ4n) is 4.19. The number of benzene rings is 3. The highest BCUT2D eigenvalue weighted by Gasteiger charge is 2.32. The normalized spacial score (nSPS) is 12.0. The van der Waals surface area contributed by atoms with Crippen LogP contribution in [0, 0.1) is 0 Å². The molecule has 0 radical (unpaired) electrons. The van der Waals surface area contributed by atoms with Gasteiger partial charge in [0.15, 0.2) is 0 Å². The Balaban J connectivity index is 2.02. The molecule has 38 heavy (non-hydrogen) atoms. The van der Waals surface area contributed by atoms with Gasteiger partial charge in [0.1, 0.15) is 12.6 Å². The Labute approximate surface area is 234 Å². The minimum Gasteiger partial charge on any atom is -0.355 e. The molecule has 0 saturated heterocycles. The van der Waals surface area contributed by atoms with Crippen LogP contribution < -0.4 is 9.62 Å². The van der Waals surface area contributed by atoms with Crippen LogP contribution in [-0.2, 0) is 39.0 Å². The van der Waals surface area contributed by atoms with Crippen LogP contribution in [0.3, 0.4) is 0 Å². The second kappa shape index (κ2) is 13.6. The Morgan fingerprint density at radius 3 is 2.13 bits per heavy atom. The van der Waals surface area contributed by atoms with Gasteiger partial charge >= 0.3 is 0 Å². The molecule has 202 valence electrons. The van der Waals surface area contributed by atoms with Gasteiger partial charge in [-0.05, 0) is 54.3 Å². The average Bonchev–Trinajstić information content (AvgIpc) is 2.89. The van der Waals surface area contributed by atoms with Crippen LogP contribution in [0.25, 0.3) is 0 Å². The molecule has 0 spiro atoms. The number of amides is 2. The highest BCUT2D eigenvalue weighted by atomic mass is 79.9. The third-order valence-electron chi connectivity index (χ3n) is 6.18. The zero-order valence-corrected chi connectivity index (χ0v) is 24.3. The van der Waals surface area contributed by atoms with Gasteiger partial charge in [-0.15, -0.1) is 0 Å². The summed E-state index contributed by atoms with van der Waals surface area (Å²) in [5.41, 5.74) is 3.17. The number of halogens is 1. The zero-order valence-electron chi connectivity index (χ0n) is 21.9. The number of sulfonamides is 1. The van der Waals surface area contributed by atoms with Crippen LogP contribution in [0.15, 0.2) is 83.3 Å². The molecule has 0 fully saturated rings. The molecular formula is C29H34BrN3O4S. The molecule has 3 aromatic carbocycles. The number of carbonyl (C=O) groups excluding carboxylic acids is 2. The van der Waals surface area contributed by atoms with Crippen LogP contribution >= 0.6 is 15.9 Å². The Morgan fingerprint density at radius 1 is 0.895 bits per heavy atom. The van der Waals surface area contributed by atoms with Gasteiger partial charge in [0.2, 0.25) is 21.8 Å². The molecule has 1 N–H and O–H groups in total. The van der Waals surface area contributed by atoms with E-state index in [2.05, 4.69) is 21.2 Å². The van der Waals surface area contributed by atoms with E-state index in [9.17, 15) is 18.0 Å². The SMILES string of the molecule is CCNC(=O)C(Cc1ccccc1)N(Cc1cccc(Br)c1)C(=O)CN(c1ccc(CC)cc1)S(C)(=O)=O. The lowest BCUT2D eigenvalue weighted by atomic mass is 10.0. The number of aryl methyl sites for hydroxylation is 1. The second-order valence-electron chi connectivity index (χ2n) is 9.04. The maximum absolute atomic E-state index is 14.0. The summed E-state index contributed by atoms with van der Waals surface area (Å²) in [4.78, 5) is 28.8. The molecule has 0 bridgehead atoms. The van der Waals surface area contributed by atoms with Gasteiger partial charge in [0.25, 0.3) is 0 Å². The molecule has 0 saturated carbocycles. The maximum Gasteiger partial charge on any atom is 0.244 e. The summed E-state index contributed by atoms with van der Waals surface area (Å²) in [6.07, 6.45) is 2.18. The van der Waals surface area contributed by atoms with Crippen molar-refractivity contribution in [1.29, 1.82) is 0 Å². The summed E-state index contributed by atoms with van der Waals surface area (Å²) in [5, 5.41) is 2.85. The van der Waals surface area contributed by atoms with Gasteiger partial charge in [-0.3, -0.25) is 13.9 Å². The fourth-order valence-corrected chi connectivity index (χ4v) is 5.49. The topological polar surface area (TPSA) is 86.8 Å². The van der Waals surface area contributed by atoms with E-state index in [1.54, 1.807) is 12.1 Å². The van der Waals surface area contributed by atoms with Crippen LogP contribution in [-0.4, -0.2) is 50.5 Å². The molecule has 0 aliphatic carbocycles. The molecule has 3 aromatic rings. The van der Waals surface area contributed by atoms with Crippen molar-refractivity contribution in [3.05, 3.63) is 100 Å². The van der Waals surface area contributed by atoms with Gasteiger partial charge < -0.3 is 10.2 Å². The third kappa shape index (κ3) is 8.16. The Bertz CT molecular complexity index is 1330. The standard InChI is InChI=1S/C29H34BrN3O4S/c1-4-22-14-16-26(17-15-22)33(38(3,36)37)21-28(34)32(20-24-12-9-13-25(30)18-24)27(29(35)31-5-2)19-23-10-7-6-8-11-23/h6-18,27H,4-5,19-21H2,1-3H3,(H,31,35). The molecular weight excluding hydrogens is 566 g/mol. The molecule has 1 unspecified atom stereocenters. The molecule has 0 aliphatic rings. The Morgan fingerprint density at radius 2 is 1.55 bits per heavy atom. The predicted octanol–water partition coefficient (Wildman–Crippen LogP) is 4.55. The molecule has 2 amide bonds. The largest absolute Gasteiger partial charge is 0.355 e. The summed E-state index contributed by atoms with van der Waals surface area (Å²) in [6, 6.07) is 23.3. The van der Waals surface area contributed by atoms with Crippen LogP contribution in [0.2, 0.25) is 0 Å². The lowest BCUT2D eigenvalue weighted by Crippen LogP contribution is -2.53. The zero-order chi connectivity index (χ0) is 27.7. The highest BCUT2D eigenvalue weighted by molar-refractivity contribution is 9.10. The number of nitrogens with one attached hydrogen (secondary N) is 1. The highest BCUT2D eigenvalue weighted by Crippen LogP contribution is 2.22. The number of anilines is 1. The number of rotatable bonds is 12. The van der Waals surface area contributed by atoms with Gasteiger partial charge in [0.05, 0.1) is 11.9 Å². The first kappa shape index (κ1) is 29.4. The number of carbonyl (C=O) groups is 2. The minimum absolute atomic E-state index is 0.138. The number of hydrogen-bond donors (Lipinski definition) is 1. The van der Waals surface area contributed by atoms with Crippen molar-refractivity contribution in [2.45, 2.75) is 39.3 Å². The quantitative estimate of drug-likeness (QED) is 0.331. The van der Waals surface area contributed by atoms with Gasteiger partial charge in [-0.25, -0.2) is 8.42 Å². The van der Waals surface area contributed by atoms with Crippen molar-refractivity contribution < 1.29 is 18.0 Å². The van der Waals surface area contributed by atoms with E-state index < -0.39 is 28.5 Å². The monoisotopic (exact) mass is 599 g/mol. The first-order valence-electron chi connectivity index (χ1n) is 12.5. The van der Waals surface area contributed by atoms with Gasteiger partial charge in [-0.1, -0.05) is 77.5 Å². The fraction of sp³-hybridized carbons (Fsp3) is 0.310. The average molecular weight is 601 g/mol. The smallest absolute Gasteiger partial charge is 0.244 e. The van der Waals surface area contributed by atoms with E-state index in [1.807, 2.05) is 80.6 Å². The van der Waals surface area contributed by atoms with E-state index in [4.69, 9.17) is 0 Å². The number of hydrogen-bond acceptors (Lipinski definition) is 4. The molecule has 9 heteroatoms. The lowest BCUT2D eigenvalue weighted by molar-refractivity contribution is -0.140. The summed E-state index contributed by atoms with van der Waals surface area (Å²) in [7, 11) is -3.78. The van der Waals surface area contributed by atoms with Crippen molar-refractivity contribution in [3.63, 3.8) is 0 Å². The van der Waals surface area contributed by atoms with E-state index in [0.29, 0.717) is 12.2 Å². The van der Waals surface area contributed by atoms with E-state index in [1.165, 1.54) is 4.90 Å². The summed E-state index contributed by atoms with van der Waals surface area (Å²) in [6.45, 7) is 3.95.